The number of rotatable bonds is 2. The third-order valence-electron chi connectivity index (χ3n) is 4.77. The Bertz CT molecular complexity index is 802. The summed E-state index contributed by atoms with van der Waals surface area (Å²) < 4.78 is 32.2. The maximum absolute atomic E-state index is 14.5. The molecule has 3 aliphatic heterocycles. The topological polar surface area (TPSA) is 27.7 Å². The molecule has 0 saturated carbocycles. The van der Waals surface area contributed by atoms with Crippen molar-refractivity contribution in [3.05, 3.63) is 46.2 Å². The van der Waals surface area contributed by atoms with Crippen molar-refractivity contribution in [1.82, 2.24) is 0 Å². The molecule has 3 aliphatic rings. The van der Waals surface area contributed by atoms with Gasteiger partial charge in [-0.15, -0.1) is 0 Å². The SMILES string of the molecule is CCCC1C(F)=COc2c3c(c4c(c21)OCC(C)=C4)OC(C)=CC3. The van der Waals surface area contributed by atoms with Gasteiger partial charge >= 0.3 is 0 Å². The zero-order valence-corrected chi connectivity index (χ0v) is 14.2. The molecular formula is C20H21FO3. The monoisotopic (exact) mass is 328 g/mol. The first-order valence-corrected chi connectivity index (χ1v) is 8.49. The van der Waals surface area contributed by atoms with Gasteiger partial charge in [-0.05, 0) is 38.0 Å². The molecule has 1 aromatic rings. The van der Waals surface area contributed by atoms with Crippen molar-refractivity contribution < 1.29 is 18.6 Å². The number of hydrogen-bond donors (Lipinski definition) is 0. The molecule has 4 rings (SSSR count). The van der Waals surface area contributed by atoms with Crippen molar-refractivity contribution in [2.24, 2.45) is 0 Å². The molecule has 0 radical (unpaired) electrons. The Labute approximate surface area is 141 Å². The van der Waals surface area contributed by atoms with Gasteiger partial charge in [0.2, 0.25) is 0 Å². The van der Waals surface area contributed by atoms with E-state index in [1.54, 1.807) is 0 Å². The predicted octanol–water partition coefficient (Wildman–Crippen LogP) is 5.41. The van der Waals surface area contributed by atoms with Gasteiger partial charge in [-0.25, -0.2) is 4.39 Å². The van der Waals surface area contributed by atoms with Gasteiger partial charge in [0.15, 0.2) is 0 Å². The molecule has 1 atom stereocenters. The highest BCUT2D eigenvalue weighted by atomic mass is 19.1. The van der Waals surface area contributed by atoms with Crippen molar-refractivity contribution >= 4 is 6.08 Å². The van der Waals surface area contributed by atoms with Gasteiger partial charge in [0.1, 0.15) is 35.9 Å². The highest BCUT2D eigenvalue weighted by Crippen LogP contribution is 2.54. The van der Waals surface area contributed by atoms with Crippen molar-refractivity contribution in [1.29, 1.82) is 0 Å². The summed E-state index contributed by atoms with van der Waals surface area (Å²) >= 11 is 0. The molecule has 0 spiro atoms. The predicted molar refractivity (Wildman–Crippen MR) is 91.1 cm³/mol. The van der Waals surface area contributed by atoms with Crippen LogP contribution in [0.1, 0.15) is 56.2 Å². The number of fused-ring (bicyclic) bond motifs is 6. The Morgan fingerprint density at radius 1 is 1.21 bits per heavy atom. The second-order valence-electron chi connectivity index (χ2n) is 6.66. The van der Waals surface area contributed by atoms with E-state index in [-0.39, 0.29) is 11.7 Å². The van der Waals surface area contributed by atoms with E-state index in [1.807, 2.05) is 19.9 Å². The summed E-state index contributed by atoms with van der Waals surface area (Å²) in [5.74, 6) is 2.53. The van der Waals surface area contributed by atoms with E-state index in [9.17, 15) is 4.39 Å². The second-order valence-corrected chi connectivity index (χ2v) is 6.66. The second kappa shape index (κ2) is 5.69. The molecule has 0 aliphatic carbocycles. The number of allylic oxidation sites excluding steroid dienone is 3. The van der Waals surface area contributed by atoms with Crippen molar-refractivity contribution in [3.63, 3.8) is 0 Å². The van der Waals surface area contributed by atoms with E-state index in [0.717, 1.165) is 53.0 Å². The van der Waals surface area contributed by atoms with E-state index in [2.05, 4.69) is 13.0 Å². The van der Waals surface area contributed by atoms with Crippen LogP contribution in [0.15, 0.2) is 29.5 Å². The molecule has 4 heteroatoms. The lowest BCUT2D eigenvalue weighted by molar-refractivity contribution is 0.315. The van der Waals surface area contributed by atoms with Crippen molar-refractivity contribution in [2.45, 2.75) is 46.0 Å². The Morgan fingerprint density at radius 3 is 2.83 bits per heavy atom. The molecule has 3 nitrogen and oxygen atoms in total. The number of ether oxygens (including phenoxy) is 3. The highest BCUT2D eigenvalue weighted by molar-refractivity contribution is 5.77. The molecule has 0 saturated heterocycles. The van der Waals surface area contributed by atoms with Gasteiger partial charge in [0.25, 0.3) is 0 Å². The Morgan fingerprint density at radius 2 is 2.04 bits per heavy atom. The standard InChI is InChI=1S/C20H21FO3/c1-4-5-13-16(21)10-23-19-14-7-6-12(3)24-18(14)15-8-11(2)9-22-20(15)17(13)19/h6,8,10,13H,4-5,7,9H2,1-3H3. The lowest BCUT2D eigenvalue weighted by Gasteiger charge is -2.32. The zero-order chi connectivity index (χ0) is 16.8. The van der Waals surface area contributed by atoms with Gasteiger partial charge in [-0.2, -0.15) is 0 Å². The zero-order valence-electron chi connectivity index (χ0n) is 14.2. The molecule has 0 amide bonds. The van der Waals surface area contributed by atoms with E-state index in [0.29, 0.717) is 18.1 Å². The Balaban J connectivity index is 2.00. The normalized spacial score (nSPS) is 21.0. The molecule has 126 valence electrons. The maximum Gasteiger partial charge on any atom is 0.145 e. The molecule has 1 unspecified atom stereocenters. The van der Waals surface area contributed by atoms with Crippen LogP contribution >= 0.6 is 0 Å². The van der Waals surface area contributed by atoms with Gasteiger partial charge in [0, 0.05) is 23.5 Å². The summed E-state index contributed by atoms with van der Waals surface area (Å²) in [5.41, 5.74) is 3.86. The minimum Gasteiger partial charge on any atom is -0.488 e. The molecule has 0 aromatic heterocycles. The number of hydrogen-bond acceptors (Lipinski definition) is 3. The van der Waals surface area contributed by atoms with E-state index >= 15 is 0 Å². The quantitative estimate of drug-likeness (QED) is 0.726. The molecule has 3 heterocycles. The summed E-state index contributed by atoms with van der Waals surface area (Å²) in [4.78, 5) is 0. The van der Waals surface area contributed by atoms with Crippen LogP contribution in [0.2, 0.25) is 0 Å². The third kappa shape index (κ3) is 2.24. The fraction of sp³-hybridized carbons (Fsp3) is 0.400. The van der Waals surface area contributed by atoms with Crippen LogP contribution in [0.3, 0.4) is 0 Å². The minimum atomic E-state index is -0.309. The minimum absolute atomic E-state index is 0.232. The molecule has 24 heavy (non-hydrogen) atoms. The Hall–Kier alpha value is -2.23. The number of benzene rings is 1. The van der Waals surface area contributed by atoms with Crippen molar-refractivity contribution in [2.75, 3.05) is 6.61 Å². The molecule has 0 fully saturated rings. The largest absolute Gasteiger partial charge is 0.488 e. The lowest BCUT2D eigenvalue weighted by Crippen LogP contribution is -2.18. The third-order valence-corrected chi connectivity index (χ3v) is 4.77. The van der Waals surface area contributed by atoms with Gasteiger partial charge in [-0.1, -0.05) is 13.3 Å². The van der Waals surface area contributed by atoms with Gasteiger partial charge in [-0.3, -0.25) is 0 Å². The van der Waals surface area contributed by atoms with E-state index in [1.165, 1.54) is 6.26 Å². The summed E-state index contributed by atoms with van der Waals surface area (Å²) in [6.45, 7) is 6.54. The lowest BCUT2D eigenvalue weighted by atomic mass is 9.84. The first-order valence-electron chi connectivity index (χ1n) is 8.49. The number of halogens is 1. The summed E-state index contributed by atoms with van der Waals surface area (Å²) in [6.07, 6.45) is 7.70. The molecular weight excluding hydrogens is 307 g/mol. The summed E-state index contributed by atoms with van der Waals surface area (Å²) in [5, 5.41) is 0. The van der Waals surface area contributed by atoms with Crippen LogP contribution in [-0.2, 0) is 6.42 Å². The highest BCUT2D eigenvalue weighted by Gasteiger charge is 2.36. The van der Waals surface area contributed by atoms with Crippen LogP contribution in [-0.4, -0.2) is 6.61 Å². The van der Waals surface area contributed by atoms with Crippen LogP contribution in [0.4, 0.5) is 4.39 Å². The molecule has 1 aromatic carbocycles. The van der Waals surface area contributed by atoms with Gasteiger partial charge < -0.3 is 14.2 Å². The smallest absolute Gasteiger partial charge is 0.145 e. The maximum atomic E-state index is 14.5. The summed E-state index contributed by atoms with van der Waals surface area (Å²) in [6, 6.07) is 0. The fourth-order valence-electron chi connectivity index (χ4n) is 3.65. The van der Waals surface area contributed by atoms with Gasteiger partial charge in [0.05, 0.1) is 11.3 Å². The molecule has 0 bridgehead atoms. The van der Waals surface area contributed by atoms with Crippen LogP contribution < -0.4 is 14.2 Å². The average molecular weight is 328 g/mol. The van der Waals surface area contributed by atoms with Crippen LogP contribution in [0, 0.1) is 0 Å². The van der Waals surface area contributed by atoms with E-state index < -0.39 is 0 Å². The van der Waals surface area contributed by atoms with Crippen LogP contribution in [0.5, 0.6) is 17.2 Å². The van der Waals surface area contributed by atoms with E-state index in [4.69, 9.17) is 14.2 Å². The first-order chi connectivity index (χ1) is 11.6. The first kappa shape index (κ1) is 15.3. The van der Waals surface area contributed by atoms with Crippen LogP contribution in [0.25, 0.3) is 6.08 Å². The summed E-state index contributed by atoms with van der Waals surface area (Å²) in [7, 11) is 0. The average Bonchev–Trinajstić information content (AvgIpc) is 2.57. The van der Waals surface area contributed by atoms with Crippen molar-refractivity contribution in [3.8, 4) is 17.2 Å². The fourth-order valence-corrected chi connectivity index (χ4v) is 3.65. The Kier molecular flexibility index (Phi) is 3.63. The molecule has 0 N–H and O–H groups in total.